The van der Waals surface area contributed by atoms with Gasteiger partial charge in [0.15, 0.2) is 0 Å². The van der Waals surface area contributed by atoms with Crippen LogP contribution in [-0.4, -0.2) is 31.3 Å². The molecular weight excluding hydrogens is 362 g/mol. The molecule has 25 heavy (non-hydrogen) atoms. The molecule has 1 fully saturated rings. The molecule has 2 atom stereocenters. The van der Waals surface area contributed by atoms with Gasteiger partial charge in [-0.3, -0.25) is 4.79 Å². The maximum Gasteiger partial charge on any atom is 0.324 e. The summed E-state index contributed by atoms with van der Waals surface area (Å²) >= 11 is 6.04. The number of hydrogen-bond acceptors (Lipinski definition) is 4. The molecule has 0 aromatic heterocycles. The Labute approximate surface area is 152 Å². The topological polar surface area (TPSA) is 63.7 Å². The van der Waals surface area contributed by atoms with Crippen molar-refractivity contribution < 1.29 is 17.9 Å². The third-order valence-corrected chi connectivity index (χ3v) is 6.34. The van der Waals surface area contributed by atoms with E-state index >= 15 is 0 Å². The van der Waals surface area contributed by atoms with E-state index in [2.05, 4.69) is 0 Å². The first kappa shape index (κ1) is 17.9. The van der Waals surface area contributed by atoms with Gasteiger partial charge in [-0.15, -0.1) is 0 Å². The maximum atomic E-state index is 13.1. The van der Waals surface area contributed by atoms with Crippen molar-refractivity contribution >= 4 is 27.6 Å². The zero-order valence-electron chi connectivity index (χ0n) is 13.6. The first-order valence-electron chi connectivity index (χ1n) is 7.96. The third kappa shape index (κ3) is 3.42. The highest BCUT2D eigenvalue weighted by Crippen LogP contribution is 2.44. The molecule has 1 aliphatic rings. The Morgan fingerprint density at radius 3 is 2.56 bits per heavy atom. The molecule has 132 valence electrons. The number of ether oxygens (including phenoxy) is 1. The number of hydrogen-bond donors (Lipinski definition) is 0. The quantitative estimate of drug-likeness (QED) is 0.747. The molecule has 0 saturated carbocycles. The van der Waals surface area contributed by atoms with E-state index in [1.165, 1.54) is 16.4 Å². The van der Waals surface area contributed by atoms with Gasteiger partial charge in [-0.05, 0) is 43.2 Å². The van der Waals surface area contributed by atoms with Crippen LogP contribution in [0.15, 0.2) is 59.5 Å². The molecule has 3 rings (SSSR count). The number of rotatable bonds is 5. The first-order valence-corrected chi connectivity index (χ1v) is 9.77. The molecule has 0 amide bonds. The predicted octanol–water partition coefficient (Wildman–Crippen LogP) is 3.41. The minimum Gasteiger partial charge on any atom is -0.465 e. The van der Waals surface area contributed by atoms with E-state index in [-0.39, 0.29) is 11.5 Å². The Bertz CT molecular complexity index is 870. The minimum atomic E-state index is -3.84. The lowest BCUT2D eigenvalue weighted by atomic mass is 9.90. The van der Waals surface area contributed by atoms with Crippen LogP contribution in [0.5, 0.6) is 0 Å². The van der Waals surface area contributed by atoms with Gasteiger partial charge in [-0.2, -0.15) is 4.31 Å². The zero-order valence-corrected chi connectivity index (χ0v) is 15.2. The van der Waals surface area contributed by atoms with Gasteiger partial charge in [0.05, 0.1) is 17.5 Å². The summed E-state index contributed by atoms with van der Waals surface area (Å²) in [6, 6.07) is 13.8. The average Bonchev–Trinajstić information content (AvgIpc) is 2.55. The number of halogens is 1. The molecule has 1 heterocycles. The lowest BCUT2D eigenvalue weighted by Gasteiger charge is -2.45. The van der Waals surface area contributed by atoms with E-state index in [1.807, 2.05) is 6.07 Å². The molecule has 0 radical (unpaired) electrons. The molecule has 0 bridgehead atoms. The van der Waals surface area contributed by atoms with Gasteiger partial charge >= 0.3 is 5.97 Å². The average molecular weight is 380 g/mol. The minimum absolute atomic E-state index is 0.149. The number of carbonyl (C=O) groups excluding carboxylic acids is 1. The highest BCUT2D eigenvalue weighted by Gasteiger charge is 2.51. The first-order chi connectivity index (χ1) is 11.9. The fraction of sp³-hybridized carbons (Fsp3) is 0.278. The van der Waals surface area contributed by atoms with Gasteiger partial charge < -0.3 is 4.74 Å². The van der Waals surface area contributed by atoms with Crippen LogP contribution in [0.2, 0.25) is 5.02 Å². The van der Waals surface area contributed by atoms with Crippen molar-refractivity contribution in [3.8, 4) is 0 Å². The molecule has 0 aliphatic carbocycles. The molecule has 0 N–H and O–H groups in total. The third-order valence-electron chi connectivity index (χ3n) is 4.17. The molecule has 5 nitrogen and oxygen atoms in total. The fourth-order valence-corrected chi connectivity index (χ4v) is 4.98. The monoisotopic (exact) mass is 379 g/mol. The molecule has 0 spiro atoms. The number of carbonyl (C=O) groups is 1. The van der Waals surface area contributed by atoms with Crippen LogP contribution >= 0.6 is 11.6 Å². The summed E-state index contributed by atoms with van der Waals surface area (Å²) < 4.78 is 32.4. The SMILES string of the molecule is CCOC(=O)[C@@H]1C[C@H](c2cccc(Cl)c2)N1S(=O)(=O)c1ccccc1. The van der Waals surface area contributed by atoms with Gasteiger partial charge in [-0.25, -0.2) is 8.42 Å². The van der Waals surface area contributed by atoms with Crippen molar-refractivity contribution in [3.63, 3.8) is 0 Å². The van der Waals surface area contributed by atoms with Gasteiger partial charge in [0.2, 0.25) is 10.0 Å². The van der Waals surface area contributed by atoms with Crippen molar-refractivity contribution in [2.45, 2.75) is 30.3 Å². The second-order valence-corrected chi connectivity index (χ2v) is 8.00. The lowest BCUT2D eigenvalue weighted by molar-refractivity contribution is -0.153. The number of esters is 1. The van der Waals surface area contributed by atoms with Gasteiger partial charge in [-0.1, -0.05) is 41.9 Å². The molecule has 7 heteroatoms. The molecule has 2 aromatic carbocycles. The summed E-state index contributed by atoms with van der Waals surface area (Å²) in [5.74, 6) is -0.528. The molecule has 2 aromatic rings. The normalized spacial score (nSPS) is 20.7. The second-order valence-electron chi connectivity index (χ2n) is 5.72. The maximum absolute atomic E-state index is 13.1. The van der Waals surface area contributed by atoms with Crippen LogP contribution in [0.1, 0.15) is 24.9 Å². The van der Waals surface area contributed by atoms with E-state index in [9.17, 15) is 13.2 Å². The number of nitrogens with zero attached hydrogens (tertiary/aromatic N) is 1. The highest BCUT2D eigenvalue weighted by molar-refractivity contribution is 7.89. The molecular formula is C18H18ClNO4S. The van der Waals surface area contributed by atoms with E-state index in [4.69, 9.17) is 16.3 Å². The van der Waals surface area contributed by atoms with Crippen molar-refractivity contribution in [3.05, 3.63) is 65.2 Å². The van der Waals surface area contributed by atoms with E-state index in [1.54, 1.807) is 43.3 Å². The van der Waals surface area contributed by atoms with Crippen molar-refractivity contribution in [1.29, 1.82) is 0 Å². The van der Waals surface area contributed by atoms with Crippen LogP contribution in [0.25, 0.3) is 0 Å². The fourth-order valence-electron chi connectivity index (χ4n) is 2.98. The van der Waals surface area contributed by atoms with E-state index in [0.717, 1.165) is 5.56 Å². The van der Waals surface area contributed by atoms with Gasteiger partial charge in [0.1, 0.15) is 6.04 Å². The Hall–Kier alpha value is -1.89. The van der Waals surface area contributed by atoms with Gasteiger partial charge in [0, 0.05) is 5.02 Å². The largest absolute Gasteiger partial charge is 0.465 e. The Kier molecular flexibility index (Phi) is 5.13. The smallest absolute Gasteiger partial charge is 0.324 e. The Morgan fingerprint density at radius 2 is 1.92 bits per heavy atom. The second kappa shape index (κ2) is 7.15. The molecule has 0 unspecified atom stereocenters. The van der Waals surface area contributed by atoms with Crippen molar-refractivity contribution in [2.75, 3.05) is 6.61 Å². The number of benzene rings is 2. The summed E-state index contributed by atoms with van der Waals surface area (Å²) in [7, 11) is -3.84. The van der Waals surface area contributed by atoms with Crippen molar-refractivity contribution in [1.82, 2.24) is 4.31 Å². The molecule has 1 saturated heterocycles. The Morgan fingerprint density at radius 1 is 1.20 bits per heavy atom. The highest BCUT2D eigenvalue weighted by atomic mass is 35.5. The standard InChI is InChI=1S/C18H18ClNO4S/c1-2-24-18(21)17-12-16(13-7-6-8-14(19)11-13)20(17)25(22,23)15-9-4-3-5-10-15/h3-11,16-17H,2,12H2,1H3/t16-,17+/m1/s1. The number of sulfonamides is 1. The summed E-state index contributed by atoms with van der Waals surface area (Å²) in [5.41, 5.74) is 0.757. The van der Waals surface area contributed by atoms with Gasteiger partial charge in [0.25, 0.3) is 0 Å². The summed E-state index contributed by atoms with van der Waals surface area (Å²) in [6.07, 6.45) is 0.366. The summed E-state index contributed by atoms with van der Waals surface area (Å²) in [6.45, 7) is 1.90. The van der Waals surface area contributed by atoms with Crippen molar-refractivity contribution in [2.24, 2.45) is 0 Å². The van der Waals surface area contributed by atoms with Crippen LogP contribution in [0, 0.1) is 0 Å². The lowest BCUT2D eigenvalue weighted by Crippen LogP contribution is -2.57. The zero-order chi connectivity index (χ0) is 18.0. The predicted molar refractivity (Wildman–Crippen MR) is 94.7 cm³/mol. The van der Waals surface area contributed by atoms with E-state index < -0.39 is 28.1 Å². The van der Waals surface area contributed by atoms with Crippen LogP contribution in [0.3, 0.4) is 0 Å². The summed E-state index contributed by atoms with van der Waals surface area (Å²) in [5, 5.41) is 0.522. The van der Waals surface area contributed by atoms with Crippen LogP contribution < -0.4 is 0 Å². The molecule has 1 aliphatic heterocycles. The van der Waals surface area contributed by atoms with E-state index in [0.29, 0.717) is 11.4 Å². The summed E-state index contributed by atoms with van der Waals surface area (Å²) in [4.78, 5) is 12.4. The Balaban J connectivity index is 2.00. The van der Waals surface area contributed by atoms with Crippen LogP contribution in [0.4, 0.5) is 0 Å². The van der Waals surface area contributed by atoms with Crippen LogP contribution in [-0.2, 0) is 19.6 Å².